The van der Waals surface area contributed by atoms with Crippen molar-refractivity contribution < 1.29 is 4.57 Å². The van der Waals surface area contributed by atoms with Crippen LogP contribution in [0.2, 0.25) is 0 Å². The van der Waals surface area contributed by atoms with Crippen LogP contribution in [0.15, 0.2) is 72.9 Å². The van der Waals surface area contributed by atoms with E-state index in [4.69, 9.17) is 0 Å². The quantitative estimate of drug-likeness (QED) is 0.456. The standard InChI is InChI=1S/C23H22N/c1-3-22-14-15-23(22,4-2)24-16-13-17-9-5-6-10-18(17)21(24)19-11-7-8-12-20(19)22/h5-16H,3-4H2,1-2H3/q+1. The summed E-state index contributed by atoms with van der Waals surface area (Å²) in [6.07, 6.45) is 9.44. The fourth-order valence-electron chi connectivity index (χ4n) is 5.22. The Morgan fingerprint density at radius 3 is 2.38 bits per heavy atom. The van der Waals surface area contributed by atoms with Gasteiger partial charge in [-0.25, -0.2) is 0 Å². The molecule has 2 unspecified atom stereocenters. The molecule has 1 aromatic heterocycles. The van der Waals surface area contributed by atoms with Crippen LogP contribution in [0.4, 0.5) is 0 Å². The van der Waals surface area contributed by atoms with Gasteiger partial charge in [0.25, 0.3) is 0 Å². The van der Waals surface area contributed by atoms with Gasteiger partial charge in [-0.1, -0.05) is 56.3 Å². The number of allylic oxidation sites excluding steroid dienone is 2. The van der Waals surface area contributed by atoms with E-state index in [0.717, 1.165) is 12.8 Å². The maximum atomic E-state index is 2.56. The third-order valence-electron chi connectivity index (χ3n) is 6.47. The van der Waals surface area contributed by atoms with Crippen LogP contribution < -0.4 is 4.57 Å². The van der Waals surface area contributed by atoms with Gasteiger partial charge in [0.15, 0.2) is 11.7 Å². The van der Waals surface area contributed by atoms with Crippen LogP contribution in [0.25, 0.3) is 22.0 Å². The highest BCUT2D eigenvalue weighted by atomic mass is 15.1. The van der Waals surface area contributed by atoms with Crippen LogP contribution >= 0.6 is 0 Å². The SMILES string of the molecule is CCC12C=CC1(CC)[n+]1ccc3ccccc3c1-c1ccccc12. The van der Waals surface area contributed by atoms with Crippen molar-refractivity contribution >= 4 is 10.8 Å². The number of hydrogen-bond acceptors (Lipinski definition) is 0. The summed E-state index contributed by atoms with van der Waals surface area (Å²) in [7, 11) is 0. The molecule has 0 saturated carbocycles. The molecule has 0 amide bonds. The molecule has 2 heterocycles. The Balaban J connectivity index is 2.00. The number of aromatic nitrogens is 1. The molecule has 2 aliphatic rings. The van der Waals surface area contributed by atoms with Gasteiger partial charge in [0.05, 0.1) is 16.4 Å². The summed E-state index contributed by atoms with van der Waals surface area (Å²) in [5.74, 6) is 0. The first kappa shape index (κ1) is 14.0. The fourth-order valence-corrected chi connectivity index (χ4v) is 5.22. The van der Waals surface area contributed by atoms with E-state index in [0.29, 0.717) is 0 Å². The molecule has 3 aromatic rings. The summed E-state index contributed by atoms with van der Waals surface area (Å²) in [6, 6.07) is 20.1. The predicted molar refractivity (Wildman–Crippen MR) is 99.0 cm³/mol. The molecular formula is C23H22N+. The van der Waals surface area contributed by atoms with E-state index in [2.05, 4.69) is 91.4 Å². The highest BCUT2D eigenvalue weighted by Gasteiger charge is 2.64. The van der Waals surface area contributed by atoms with Crippen molar-refractivity contribution in [3.05, 3.63) is 78.5 Å². The molecule has 0 radical (unpaired) electrons. The van der Waals surface area contributed by atoms with E-state index < -0.39 is 0 Å². The smallest absolute Gasteiger partial charge is 0.187 e. The Morgan fingerprint density at radius 2 is 1.62 bits per heavy atom. The van der Waals surface area contributed by atoms with Crippen molar-refractivity contribution in [1.29, 1.82) is 0 Å². The van der Waals surface area contributed by atoms with Gasteiger partial charge in [-0.2, -0.15) is 4.57 Å². The molecule has 1 aliphatic heterocycles. The van der Waals surface area contributed by atoms with Crippen LogP contribution in [0, 0.1) is 0 Å². The molecule has 1 aliphatic carbocycles. The normalized spacial score (nSPS) is 26.4. The molecule has 2 aromatic carbocycles. The first-order chi connectivity index (χ1) is 11.8. The third kappa shape index (κ3) is 1.36. The minimum absolute atomic E-state index is 0.0649. The predicted octanol–water partition coefficient (Wildman–Crippen LogP) is 5.13. The Labute approximate surface area is 143 Å². The Kier molecular flexibility index (Phi) is 2.66. The summed E-state index contributed by atoms with van der Waals surface area (Å²) >= 11 is 0. The zero-order valence-electron chi connectivity index (χ0n) is 14.3. The molecule has 0 bridgehead atoms. The lowest BCUT2D eigenvalue weighted by Crippen LogP contribution is -2.72. The Morgan fingerprint density at radius 1 is 0.833 bits per heavy atom. The minimum atomic E-state index is 0.0649. The zero-order chi connectivity index (χ0) is 16.4. The summed E-state index contributed by atoms with van der Waals surface area (Å²) in [5.41, 5.74) is 4.45. The molecule has 1 heteroatoms. The van der Waals surface area contributed by atoms with Crippen molar-refractivity contribution in [2.75, 3.05) is 0 Å². The average molecular weight is 312 g/mol. The Hall–Kier alpha value is -2.41. The lowest BCUT2D eigenvalue weighted by Gasteiger charge is -2.52. The first-order valence-electron chi connectivity index (χ1n) is 9.01. The van der Waals surface area contributed by atoms with Crippen molar-refractivity contribution in [3.8, 4) is 11.3 Å². The van der Waals surface area contributed by atoms with E-state index in [1.807, 2.05) is 0 Å². The number of nitrogens with zero attached hydrogens (tertiary/aromatic N) is 1. The maximum absolute atomic E-state index is 2.56. The first-order valence-corrected chi connectivity index (χ1v) is 9.01. The van der Waals surface area contributed by atoms with E-state index in [1.165, 1.54) is 27.6 Å². The molecule has 5 rings (SSSR count). The molecule has 24 heavy (non-hydrogen) atoms. The van der Waals surface area contributed by atoms with E-state index in [-0.39, 0.29) is 11.0 Å². The van der Waals surface area contributed by atoms with Crippen LogP contribution in [-0.4, -0.2) is 0 Å². The van der Waals surface area contributed by atoms with Gasteiger partial charge >= 0.3 is 0 Å². The maximum Gasteiger partial charge on any atom is 0.221 e. The summed E-state index contributed by atoms with van der Waals surface area (Å²) < 4.78 is 2.56. The highest BCUT2D eigenvalue weighted by Crippen LogP contribution is 2.57. The lowest BCUT2D eigenvalue weighted by molar-refractivity contribution is -0.758. The van der Waals surface area contributed by atoms with Crippen LogP contribution in [0.5, 0.6) is 0 Å². The van der Waals surface area contributed by atoms with Crippen LogP contribution in [0.3, 0.4) is 0 Å². The molecule has 0 N–H and O–H groups in total. The van der Waals surface area contributed by atoms with Gasteiger partial charge in [0, 0.05) is 12.5 Å². The number of fused-ring (bicyclic) bond motifs is 8. The van der Waals surface area contributed by atoms with Gasteiger partial charge < -0.3 is 0 Å². The van der Waals surface area contributed by atoms with Crippen molar-refractivity contribution in [3.63, 3.8) is 0 Å². The van der Waals surface area contributed by atoms with Gasteiger partial charge in [0.2, 0.25) is 5.69 Å². The molecule has 2 atom stereocenters. The molecule has 0 spiro atoms. The number of benzene rings is 2. The number of hydrogen-bond donors (Lipinski definition) is 0. The monoisotopic (exact) mass is 312 g/mol. The highest BCUT2D eigenvalue weighted by molar-refractivity contribution is 5.94. The van der Waals surface area contributed by atoms with Crippen LogP contribution in [-0.2, 0) is 11.0 Å². The second-order valence-electron chi connectivity index (χ2n) is 7.10. The van der Waals surface area contributed by atoms with Crippen molar-refractivity contribution in [2.24, 2.45) is 0 Å². The summed E-state index contributed by atoms with van der Waals surface area (Å²) in [5, 5.41) is 2.67. The van der Waals surface area contributed by atoms with Crippen molar-refractivity contribution in [2.45, 2.75) is 37.6 Å². The van der Waals surface area contributed by atoms with E-state index in [9.17, 15) is 0 Å². The van der Waals surface area contributed by atoms with E-state index >= 15 is 0 Å². The molecule has 118 valence electrons. The molecule has 0 saturated heterocycles. The Bertz CT molecular complexity index is 1000. The molecule has 1 nitrogen and oxygen atoms in total. The molecular weight excluding hydrogens is 290 g/mol. The van der Waals surface area contributed by atoms with E-state index in [1.54, 1.807) is 0 Å². The third-order valence-corrected chi connectivity index (χ3v) is 6.47. The molecule has 0 fully saturated rings. The second kappa shape index (κ2) is 4.57. The zero-order valence-corrected chi connectivity index (χ0v) is 14.3. The largest absolute Gasteiger partial charge is 0.221 e. The van der Waals surface area contributed by atoms with Gasteiger partial charge in [0.1, 0.15) is 0 Å². The van der Waals surface area contributed by atoms with Crippen molar-refractivity contribution in [1.82, 2.24) is 0 Å². The van der Waals surface area contributed by atoms with Gasteiger partial charge in [-0.05, 0) is 35.6 Å². The number of pyridine rings is 1. The lowest BCUT2D eigenvalue weighted by atomic mass is 9.52. The van der Waals surface area contributed by atoms with Gasteiger partial charge in [-0.15, -0.1) is 0 Å². The fraction of sp³-hybridized carbons (Fsp3) is 0.261. The summed E-state index contributed by atoms with van der Waals surface area (Å²) in [6.45, 7) is 4.66. The summed E-state index contributed by atoms with van der Waals surface area (Å²) in [4.78, 5) is 0. The average Bonchev–Trinajstić information content (AvgIpc) is 2.62. The van der Waals surface area contributed by atoms with Crippen LogP contribution in [0.1, 0.15) is 32.3 Å². The van der Waals surface area contributed by atoms with Gasteiger partial charge in [-0.3, -0.25) is 0 Å². The topological polar surface area (TPSA) is 3.88 Å². The number of rotatable bonds is 2. The minimum Gasteiger partial charge on any atom is -0.187 e. The second-order valence-corrected chi connectivity index (χ2v) is 7.10.